The third-order valence-electron chi connectivity index (χ3n) is 2.52. The summed E-state index contributed by atoms with van der Waals surface area (Å²) in [5.74, 6) is -1.38. The van der Waals surface area contributed by atoms with Crippen LogP contribution < -0.4 is 4.74 Å². The zero-order valence-electron chi connectivity index (χ0n) is 11.6. The second-order valence-electron chi connectivity index (χ2n) is 5.46. The highest BCUT2D eigenvalue weighted by molar-refractivity contribution is 9.10. The number of alkyl halides is 3. The van der Waals surface area contributed by atoms with Crippen molar-refractivity contribution in [2.75, 3.05) is 0 Å². The fourth-order valence-corrected chi connectivity index (χ4v) is 2.41. The summed E-state index contributed by atoms with van der Waals surface area (Å²) in [6.45, 7) is 5.03. The van der Waals surface area contributed by atoms with Crippen molar-refractivity contribution in [1.82, 2.24) is 9.97 Å². The number of rotatable bonds is 1. The molecule has 0 unspecified atom stereocenters. The normalized spacial score (nSPS) is 12.8. The van der Waals surface area contributed by atoms with Crippen LogP contribution in [0.2, 0.25) is 5.28 Å². The Morgan fingerprint density at radius 3 is 2.27 bits per heavy atom. The maximum Gasteiger partial charge on any atom is 0.417 e. The van der Waals surface area contributed by atoms with Crippen molar-refractivity contribution in [1.29, 1.82) is 0 Å². The molecule has 9 heteroatoms. The molecule has 2 aromatic rings. The van der Waals surface area contributed by atoms with E-state index >= 15 is 0 Å². The minimum absolute atomic E-state index is 0.202. The molecule has 120 valence electrons. The van der Waals surface area contributed by atoms with Crippen LogP contribution in [-0.4, -0.2) is 15.6 Å². The molecule has 1 aromatic carbocycles. The first kappa shape index (κ1) is 17.2. The molecule has 0 aliphatic heterocycles. The maximum absolute atomic E-state index is 14.2. The van der Waals surface area contributed by atoms with Gasteiger partial charge in [0.05, 0.1) is 15.4 Å². The first-order chi connectivity index (χ1) is 9.90. The van der Waals surface area contributed by atoms with Gasteiger partial charge in [-0.05, 0) is 54.4 Å². The average molecular weight is 402 g/mol. The Labute approximate surface area is 136 Å². The van der Waals surface area contributed by atoms with Crippen molar-refractivity contribution in [3.05, 3.63) is 27.2 Å². The number of ether oxygens (including phenoxy) is 1. The summed E-state index contributed by atoms with van der Waals surface area (Å²) >= 11 is 8.31. The Morgan fingerprint density at radius 2 is 1.77 bits per heavy atom. The number of aromatic nitrogens is 2. The van der Waals surface area contributed by atoms with Crippen molar-refractivity contribution < 1.29 is 22.3 Å². The summed E-state index contributed by atoms with van der Waals surface area (Å²) in [4.78, 5) is 7.42. The summed E-state index contributed by atoms with van der Waals surface area (Å²) in [6.07, 6.45) is -4.74. The predicted molar refractivity (Wildman–Crippen MR) is 77.6 cm³/mol. The third-order valence-corrected chi connectivity index (χ3v) is 3.46. The zero-order chi connectivity index (χ0) is 16.9. The van der Waals surface area contributed by atoms with E-state index in [2.05, 4.69) is 25.9 Å². The van der Waals surface area contributed by atoms with Crippen LogP contribution in [0.15, 0.2) is 10.5 Å². The van der Waals surface area contributed by atoms with Crippen LogP contribution in [-0.2, 0) is 6.18 Å². The van der Waals surface area contributed by atoms with Crippen LogP contribution in [0.1, 0.15) is 26.3 Å². The highest BCUT2D eigenvalue weighted by Crippen LogP contribution is 2.41. The molecule has 22 heavy (non-hydrogen) atoms. The van der Waals surface area contributed by atoms with E-state index in [0.717, 1.165) is 6.07 Å². The molecule has 3 nitrogen and oxygen atoms in total. The van der Waals surface area contributed by atoms with Gasteiger partial charge in [0.15, 0.2) is 5.82 Å². The summed E-state index contributed by atoms with van der Waals surface area (Å²) < 4.78 is 58.0. The van der Waals surface area contributed by atoms with Gasteiger partial charge in [0.1, 0.15) is 11.1 Å². The van der Waals surface area contributed by atoms with E-state index in [1.807, 2.05) is 0 Å². The molecule has 0 N–H and O–H groups in total. The molecule has 0 bridgehead atoms. The minimum atomic E-state index is -4.74. The van der Waals surface area contributed by atoms with Crippen molar-refractivity contribution in [2.24, 2.45) is 0 Å². The molecule has 0 amide bonds. The van der Waals surface area contributed by atoms with Gasteiger partial charge in [-0.2, -0.15) is 18.2 Å². The lowest BCUT2D eigenvalue weighted by Crippen LogP contribution is -2.24. The molecule has 0 aliphatic rings. The standard InChI is InChI=1S/C13H10BrClF4N2O/c1-12(2,3)22-10-5-4-6(13(17,18)19)7(14)8(16)9(5)20-11(15)21-10/h4H,1-3H3. The van der Waals surface area contributed by atoms with Crippen LogP contribution in [0.4, 0.5) is 17.6 Å². The largest absolute Gasteiger partial charge is 0.471 e. The van der Waals surface area contributed by atoms with Crippen LogP contribution in [0.5, 0.6) is 5.88 Å². The minimum Gasteiger partial charge on any atom is -0.471 e. The zero-order valence-corrected chi connectivity index (χ0v) is 14.0. The molecular weight excluding hydrogens is 392 g/mol. The van der Waals surface area contributed by atoms with Gasteiger partial charge in [-0.15, -0.1) is 0 Å². The number of benzene rings is 1. The molecule has 1 heterocycles. The highest BCUT2D eigenvalue weighted by Gasteiger charge is 2.36. The van der Waals surface area contributed by atoms with Gasteiger partial charge >= 0.3 is 6.18 Å². The lowest BCUT2D eigenvalue weighted by molar-refractivity contribution is -0.138. The van der Waals surface area contributed by atoms with Crippen molar-refractivity contribution in [2.45, 2.75) is 32.5 Å². The number of hydrogen-bond donors (Lipinski definition) is 0. The van der Waals surface area contributed by atoms with Crippen molar-refractivity contribution in [3.63, 3.8) is 0 Å². The second kappa shape index (κ2) is 5.49. The summed E-state index contributed by atoms with van der Waals surface area (Å²) in [5, 5.41) is -0.523. The van der Waals surface area contributed by atoms with E-state index in [1.54, 1.807) is 20.8 Å². The highest BCUT2D eigenvalue weighted by atomic mass is 79.9. The Hall–Kier alpha value is -1.15. The summed E-state index contributed by atoms with van der Waals surface area (Å²) in [6, 6.07) is 0.736. The van der Waals surface area contributed by atoms with Gasteiger partial charge in [0.25, 0.3) is 0 Å². The van der Waals surface area contributed by atoms with E-state index in [1.165, 1.54) is 0 Å². The van der Waals surface area contributed by atoms with E-state index in [-0.39, 0.29) is 22.1 Å². The fourth-order valence-electron chi connectivity index (χ4n) is 1.72. The second-order valence-corrected chi connectivity index (χ2v) is 6.59. The van der Waals surface area contributed by atoms with Crippen LogP contribution in [0, 0.1) is 5.82 Å². The van der Waals surface area contributed by atoms with E-state index in [4.69, 9.17) is 16.3 Å². The number of nitrogens with zero attached hydrogens (tertiary/aromatic N) is 2. The van der Waals surface area contributed by atoms with Gasteiger partial charge in [0.2, 0.25) is 11.2 Å². The molecule has 0 spiro atoms. The first-order valence-electron chi connectivity index (χ1n) is 6.01. The smallest absolute Gasteiger partial charge is 0.417 e. The van der Waals surface area contributed by atoms with Gasteiger partial charge in [-0.3, -0.25) is 0 Å². The lowest BCUT2D eigenvalue weighted by atomic mass is 10.1. The number of fused-ring (bicyclic) bond motifs is 1. The van der Waals surface area contributed by atoms with E-state index in [9.17, 15) is 17.6 Å². The lowest BCUT2D eigenvalue weighted by Gasteiger charge is -2.22. The van der Waals surface area contributed by atoms with E-state index < -0.39 is 27.6 Å². The van der Waals surface area contributed by atoms with Crippen LogP contribution in [0.25, 0.3) is 10.9 Å². The molecule has 0 aliphatic carbocycles. The monoisotopic (exact) mass is 400 g/mol. The predicted octanol–water partition coefficient (Wildman–Crippen LogP) is 5.38. The molecular formula is C13H10BrClF4N2O. The molecule has 0 fully saturated rings. The molecule has 1 aromatic heterocycles. The average Bonchev–Trinajstić information content (AvgIpc) is 2.30. The van der Waals surface area contributed by atoms with Crippen LogP contribution in [0.3, 0.4) is 0 Å². The Morgan fingerprint density at radius 1 is 1.18 bits per heavy atom. The van der Waals surface area contributed by atoms with Crippen molar-refractivity contribution >= 4 is 38.4 Å². The molecule has 0 atom stereocenters. The van der Waals surface area contributed by atoms with Gasteiger partial charge < -0.3 is 4.74 Å². The quantitative estimate of drug-likeness (QED) is 0.475. The first-order valence-corrected chi connectivity index (χ1v) is 7.18. The topological polar surface area (TPSA) is 35.0 Å². The summed E-state index contributed by atoms with van der Waals surface area (Å²) in [7, 11) is 0. The van der Waals surface area contributed by atoms with Gasteiger partial charge in [0, 0.05) is 0 Å². The summed E-state index contributed by atoms with van der Waals surface area (Å²) in [5.41, 5.74) is -2.28. The Kier molecular flexibility index (Phi) is 4.29. The van der Waals surface area contributed by atoms with Crippen LogP contribution >= 0.6 is 27.5 Å². The number of halogens is 6. The Balaban J connectivity index is 2.84. The Bertz CT molecular complexity index is 744. The SMILES string of the molecule is CC(C)(C)Oc1nc(Cl)nc2c(F)c(Br)c(C(F)(F)F)cc12. The number of hydrogen-bond acceptors (Lipinski definition) is 3. The molecule has 0 saturated heterocycles. The molecule has 0 radical (unpaired) electrons. The van der Waals surface area contributed by atoms with Crippen molar-refractivity contribution in [3.8, 4) is 5.88 Å². The molecule has 2 rings (SSSR count). The molecule has 0 saturated carbocycles. The van der Waals surface area contributed by atoms with Gasteiger partial charge in [-0.1, -0.05) is 0 Å². The van der Waals surface area contributed by atoms with Gasteiger partial charge in [-0.25, -0.2) is 9.37 Å². The fraction of sp³-hybridized carbons (Fsp3) is 0.385. The maximum atomic E-state index is 14.2. The van der Waals surface area contributed by atoms with E-state index in [0.29, 0.717) is 0 Å². The third kappa shape index (κ3) is 3.43.